The van der Waals surface area contributed by atoms with Crippen LogP contribution in [0.3, 0.4) is 0 Å². The largest absolute Gasteiger partial charge is 0.348 e. The Morgan fingerprint density at radius 3 is 2.60 bits per heavy atom. The molecule has 1 atom stereocenters. The van der Waals surface area contributed by atoms with Crippen LogP contribution in [0.5, 0.6) is 0 Å². The van der Waals surface area contributed by atoms with Crippen LogP contribution in [-0.4, -0.2) is 26.7 Å². The van der Waals surface area contributed by atoms with Gasteiger partial charge in [-0.2, -0.15) is 5.10 Å². The Labute approximate surface area is 180 Å². The third-order valence-corrected chi connectivity index (χ3v) is 5.92. The first kappa shape index (κ1) is 20.3. The fourth-order valence-electron chi connectivity index (χ4n) is 3.82. The lowest BCUT2D eigenvalue weighted by atomic mass is 10.0. The van der Waals surface area contributed by atoms with E-state index in [9.17, 15) is 4.79 Å². The summed E-state index contributed by atoms with van der Waals surface area (Å²) in [5, 5.41) is 10.7. The molecule has 1 aromatic carbocycles. The molecule has 0 unspecified atom stereocenters. The van der Waals surface area contributed by atoms with Crippen molar-refractivity contribution >= 4 is 28.3 Å². The van der Waals surface area contributed by atoms with Gasteiger partial charge >= 0.3 is 0 Å². The van der Waals surface area contributed by atoms with E-state index >= 15 is 0 Å². The first-order chi connectivity index (χ1) is 14.5. The number of fused-ring (bicyclic) bond motifs is 1. The SMILES string of the molecule is CC(C)C[C@H](C)NC(=O)c1nn(Cc2ccccc2)c2nccc(-c3cccs3)c12. The van der Waals surface area contributed by atoms with Crippen LogP contribution in [0.2, 0.25) is 0 Å². The molecule has 0 saturated carbocycles. The second-order valence-electron chi connectivity index (χ2n) is 8.03. The number of carbonyl (C=O) groups excluding carboxylic acids is 1. The highest BCUT2D eigenvalue weighted by Gasteiger charge is 2.23. The Balaban J connectivity index is 1.80. The number of nitrogens with zero attached hydrogens (tertiary/aromatic N) is 3. The molecule has 3 heterocycles. The normalized spacial score (nSPS) is 12.4. The first-order valence-corrected chi connectivity index (χ1v) is 11.1. The molecule has 1 N–H and O–H groups in total. The molecule has 0 spiro atoms. The summed E-state index contributed by atoms with van der Waals surface area (Å²) >= 11 is 1.65. The van der Waals surface area contributed by atoms with Crippen molar-refractivity contribution in [3.05, 3.63) is 71.4 Å². The quantitative estimate of drug-likeness (QED) is 0.439. The van der Waals surface area contributed by atoms with Crippen molar-refractivity contribution < 1.29 is 4.79 Å². The average molecular weight is 419 g/mol. The smallest absolute Gasteiger partial charge is 0.272 e. The standard InChI is InChI=1S/C24H26N4OS/c1-16(2)14-17(3)26-24(29)22-21-19(20-10-7-13-30-20)11-12-25-23(21)28(27-22)15-18-8-5-4-6-9-18/h4-13,16-17H,14-15H2,1-3H3,(H,26,29)/t17-/m0/s1. The molecular formula is C24H26N4OS. The maximum absolute atomic E-state index is 13.2. The third kappa shape index (κ3) is 4.28. The molecule has 0 aliphatic heterocycles. The van der Waals surface area contributed by atoms with Crippen LogP contribution in [0, 0.1) is 5.92 Å². The first-order valence-electron chi connectivity index (χ1n) is 10.3. The highest BCUT2D eigenvalue weighted by atomic mass is 32.1. The van der Waals surface area contributed by atoms with Gasteiger partial charge < -0.3 is 5.32 Å². The zero-order valence-electron chi connectivity index (χ0n) is 17.5. The summed E-state index contributed by atoms with van der Waals surface area (Å²) < 4.78 is 1.84. The molecule has 4 aromatic rings. The molecule has 5 nitrogen and oxygen atoms in total. The van der Waals surface area contributed by atoms with Crippen LogP contribution in [0.25, 0.3) is 21.5 Å². The number of nitrogens with one attached hydrogen (secondary N) is 1. The molecule has 154 valence electrons. The predicted octanol–water partition coefficient (Wildman–Crippen LogP) is 5.37. The Kier molecular flexibility index (Phi) is 5.95. The fourth-order valence-corrected chi connectivity index (χ4v) is 4.58. The van der Waals surface area contributed by atoms with Crippen molar-refractivity contribution in [3.63, 3.8) is 0 Å². The predicted molar refractivity (Wildman–Crippen MR) is 123 cm³/mol. The van der Waals surface area contributed by atoms with Gasteiger partial charge in [0.25, 0.3) is 5.91 Å². The van der Waals surface area contributed by atoms with E-state index in [0.717, 1.165) is 33.5 Å². The Bertz CT molecular complexity index is 1130. The van der Waals surface area contributed by atoms with E-state index in [1.165, 1.54) is 0 Å². The van der Waals surface area contributed by atoms with Gasteiger partial charge in [-0.25, -0.2) is 9.67 Å². The number of thiophene rings is 1. The van der Waals surface area contributed by atoms with Gasteiger partial charge in [0.15, 0.2) is 11.3 Å². The van der Waals surface area contributed by atoms with Gasteiger partial charge in [-0.05, 0) is 42.3 Å². The molecule has 4 rings (SSSR count). The van der Waals surface area contributed by atoms with Crippen molar-refractivity contribution in [2.45, 2.75) is 39.8 Å². The second-order valence-corrected chi connectivity index (χ2v) is 8.98. The third-order valence-electron chi connectivity index (χ3n) is 5.01. The molecule has 30 heavy (non-hydrogen) atoms. The maximum atomic E-state index is 13.2. The number of benzene rings is 1. The van der Waals surface area contributed by atoms with Crippen LogP contribution < -0.4 is 5.32 Å². The number of aromatic nitrogens is 3. The van der Waals surface area contributed by atoms with Gasteiger partial charge in [0.05, 0.1) is 11.9 Å². The maximum Gasteiger partial charge on any atom is 0.272 e. The van der Waals surface area contributed by atoms with Gasteiger partial charge in [0.1, 0.15) is 0 Å². The van der Waals surface area contributed by atoms with Gasteiger partial charge in [-0.3, -0.25) is 4.79 Å². The summed E-state index contributed by atoms with van der Waals surface area (Å²) in [6, 6.07) is 16.3. The Hall–Kier alpha value is -2.99. The summed E-state index contributed by atoms with van der Waals surface area (Å²) in [4.78, 5) is 18.9. The molecule has 0 saturated heterocycles. The number of pyridine rings is 1. The van der Waals surface area contributed by atoms with E-state index in [1.54, 1.807) is 17.5 Å². The number of amides is 1. The molecular weight excluding hydrogens is 392 g/mol. The van der Waals surface area contributed by atoms with Crippen molar-refractivity contribution in [2.24, 2.45) is 5.92 Å². The highest BCUT2D eigenvalue weighted by molar-refractivity contribution is 7.13. The van der Waals surface area contributed by atoms with Crippen LogP contribution in [0.15, 0.2) is 60.1 Å². The molecule has 0 aliphatic rings. The monoisotopic (exact) mass is 418 g/mol. The van der Waals surface area contributed by atoms with Crippen molar-refractivity contribution in [2.75, 3.05) is 0 Å². The van der Waals surface area contributed by atoms with E-state index in [-0.39, 0.29) is 11.9 Å². The average Bonchev–Trinajstić information content (AvgIpc) is 3.37. The molecule has 0 radical (unpaired) electrons. The lowest BCUT2D eigenvalue weighted by Gasteiger charge is -2.15. The Morgan fingerprint density at radius 1 is 1.10 bits per heavy atom. The number of hydrogen-bond donors (Lipinski definition) is 1. The van der Waals surface area contributed by atoms with Gasteiger partial charge in [0.2, 0.25) is 0 Å². The number of rotatable bonds is 7. The molecule has 0 fully saturated rings. The lowest BCUT2D eigenvalue weighted by molar-refractivity contribution is 0.0932. The minimum absolute atomic E-state index is 0.0775. The summed E-state index contributed by atoms with van der Waals surface area (Å²) in [5.41, 5.74) is 3.28. The zero-order chi connectivity index (χ0) is 21.1. The number of hydrogen-bond acceptors (Lipinski definition) is 4. The minimum Gasteiger partial charge on any atom is -0.348 e. The van der Waals surface area contributed by atoms with Crippen molar-refractivity contribution in [1.82, 2.24) is 20.1 Å². The minimum atomic E-state index is -0.147. The van der Waals surface area contributed by atoms with Crippen LogP contribution in [0.4, 0.5) is 0 Å². The van der Waals surface area contributed by atoms with Crippen LogP contribution in [-0.2, 0) is 6.54 Å². The van der Waals surface area contributed by atoms with E-state index in [0.29, 0.717) is 18.2 Å². The van der Waals surface area contributed by atoms with Gasteiger partial charge in [0, 0.05) is 22.7 Å². The molecule has 0 aliphatic carbocycles. The lowest BCUT2D eigenvalue weighted by Crippen LogP contribution is -2.34. The second kappa shape index (κ2) is 8.79. The van der Waals surface area contributed by atoms with Gasteiger partial charge in [-0.1, -0.05) is 50.2 Å². The Morgan fingerprint density at radius 2 is 1.90 bits per heavy atom. The topological polar surface area (TPSA) is 59.8 Å². The van der Waals surface area contributed by atoms with Crippen molar-refractivity contribution in [1.29, 1.82) is 0 Å². The van der Waals surface area contributed by atoms with Crippen LogP contribution in [0.1, 0.15) is 43.2 Å². The summed E-state index contributed by atoms with van der Waals surface area (Å²) in [7, 11) is 0. The van der Waals surface area contributed by atoms with Crippen LogP contribution >= 0.6 is 11.3 Å². The van der Waals surface area contributed by atoms with E-state index in [4.69, 9.17) is 5.10 Å². The van der Waals surface area contributed by atoms with E-state index < -0.39 is 0 Å². The molecule has 0 bridgehead atoms. The van der Waals surface area contributed by atoms with E-state index in [2.05, 4.69) is 42.3 Å². The van der Waals surface area contributed by atoms with Gasteiger partial charge in [-0.15, -0.1) is 11.3 Å². The molecule has 1 amide bonds. The fraction of sp³-hybridized carbons (Fsp3) is 0.292. The zero-order valence-corrected chi connectivity index (χ0v) is 18.3. The summed E-state index contributed by atoms with van der Waals surface area (Å²) in [6.07, 6.45) is 2.72. The molecule has 3 aromatic heterocycles. The van der Waals surface area contributed by atoms with E-state index in [1.807, 2.05) is 47.3 Å². The van der Waals surface area contributed by atoms with Crippen molar-refractivity contribution in [3.8, 4) is 10.4 Å². The molecule has 6 heteroatoms. The summed E-state index contributed by atoms with van der Waals surface area (Å²) in [5.74, 6) is 0.363. The highest BCUT2D eigenvalue weighted by Crippen LogP contribution is 2.33. The number of carbonyl (C=O) groups is 1. The summed E-state index contributed by atoms with van der Waals surface area (Å²) in [6.45, 7) is 6.92.